The lowest BCUT2D eigenvalue weighted by Crippen LogP contribution is -2.45. The molecule has 1 rings (SSSR count). The molecule has 0 aliphatic carbocycles. The number of hydrogen-bond donors (Lipinski definition) is 2. The summed E-state index contributed by atoms with van der Waals surface area (Å²) in [5.74, 6) is 0.591. The van der Waals surface area contributed by atoms with Gasteiger partial charge in [-0.25, -0.2) is 0 Å². The van der Waals surface area contributed by atoms with Crippen LogP contribution in [0.1, 0.15) is 33.6 Å². The van der Waals surface area contributed by atoms with Crippen LogP contribution in [0.2, 0.25) is 0 Å². The molecule has 4 heteroatoms. The average Bonchev–Trinajstić information content (AvgIpc) is 2.36. The third-order valence-corrected chi connectivity index (χ3v) is 3.96. The van der Waals surface area contributed by atoms with Crippen LogP contribution in [0.5, 0.6) is 0 Å². The van der Waals surface area contributed by atoms with Gasteiger partial charge in [-0.3, -0.25) is 0 Å². The fourth-order valence-electron chi connectivity index (χ4n) is 2.26. The van der Waals surface area contributed by atoms with Crippen LogP contribution < -0.4 is 5.32 Å². The summed E-state index contributed by atoms with van der Waals surface area (Å²) >= 11 is 0. The lowest BCUT2D eigenvalue weighted by molar-refractivity contribution is 0.0380. The molecule has 2 N–H and O–H groups in total. The fourth-order valence-corrected chi connectivity index (χ4v) is 2.26. The highest BCUT2D eigenvalue weighted by atomic mass is 16.5. The maximum absolute atomic E-state index is 9.98. The van der Waals surface area contributed by atoms with Crippen LogP contribution in [0.25, 0.3) is 0 Å². The minimum atomic E-state index is -0.302. The van der Waals surface area contributed by atoms with Gasteiger partial charge in [0.1, 0.15) is 0 Å². The Hall–Kier alpha value is -0.160. The zero-order chi connectivity index (χ0) is 13.5. The summed E-state index contributed by atoms with van der Waals surface area (Å²) in [4.78, 5) is 2.17. The average molecular weight is 258 g/mol. The summed E-state index contributed by atoms with van der Waals surface area (Å²) in [7, 11) is 2.05. The third-order valence-electron chi connectivity index (χ3n) is 3.96. The summed E-state index contributed by atoms with van der Waals surface area (Å²) in [5.41, 5.74) is 0. The highest BCUT2D eigenvalue weighted by Gasteiger charge is 2.21. The second-order valence-electron chi connectivity index (χ2n) is 5.86. The van der Waals surface area contributed by atoms with Crippen LogP contribution in [-0.2, 0) is 4.74 Å². The lowest BCUT2D eigenvalue weighted by atomic mass is 9.95. The molecular formula is C14H30N2O2. The number of aliphatic hydroxyl groups excluding tert-OH is 1. The van der Waals surface area contributed by atoms with E-state index in [1.807, 2.05) is 7.05 Å². The first-order valence-corrected chi connectivity index (χ1v) is 7.20. The molecule has 0 aromatic carbocycles. The van der Waals surface area contributed by atoms with Gasteiger partial charge < -0.3 is 20.1 Å². The summed E-state index contributed by atoms with van der Waals surface area (Å²) in [5, 5.41) is 13.4. The summed E-state index contributed by atoms with van der Waals surface area (Å²) in [6.45, 7) is 9.62. The zero-order valence-electron chi connectivity index (χ0n) is 12.4. The standard InChI is InChI=1S/C14H30N2O2/c1-11(2)16(4)9-14(17)8-15-12(3)13-6-5-7-18-10-13/h11-15,17H,5-10H2,1-4H3. The van der Waals surface area contributed by atoms with Gasteiger partial charge in [0, 0.05) is 31.8 Å². The molecule has 108 valence electrons. The molecule has 1 fully saturated rings. The van der Waals surface area contributed by atoms with E-state index in [4.69, 9.17) is 4.74 Å². The molecule has 18 heavy (non-hydrogen) atoms. The van der Waals surface area contributed by atoms with Crippen molar-refractivity contribution >= 4 is 0 Å². The first kappa shape index (κ1) is 15.9. The van der Waals surface area contributed by atoms with Gasteiger partial charge in [-0.05, 0) is 46.6 Å². The SMILES string of the molecule is CC(NCC(O)CN(C)C(C)C)C1CCCOC1. The van der Waals surface area contributed by atoms with Crippen molar-refractivity contribution in [2.45, 2.75) is 51.8 Å². The smallest absolute Gasteiger partial charge is 0.0791 e. The molecule has 3 unspecified atom stereocenters. The van der Waals surface area contributed by atoms with Crippen molar-refractivity contribution in [1.29, 1.82) is 0 Å². The molecule has 1 aliphatic rings. The highest BCUT2D eigenvalue weighted by Crippen LogP contribution is 2.17. The van der Waals surface area contributed by atoms with E-state index < -0.39 is 0 Å². The molecule has 0 spiro atoms. The Bertz CT molecular complexity index is 218. The molecule has 0 bridgehead atoms. The molecular weight excluding hydrogens is 228 g/mol. The Morgan fingerprint density at radius 3 is 2.67 bits per heavy atom. The predicted octanol–water partition coefficient (Wildman–Crippen LogP) is 1.09. The first-order chi connectivity index (χ1) is 8.50. The van der Waals surface area contributed by atoms with E-state index in [1.54, 1.807) is 0 Å². The van der Waals surface area contributed by atoms with Crippen LogP contribution in [0, 0.1) is 5.92 Å². The lowest BCUT2D eigenvalue weighted by Gasteiger charge is -2.30. The number of likely N-dealkylation sites (N-methyl/N-ethyl adjacent to an activating group) is 1. The van der Waals surface area contributed by atoms with E-state index in [1.165, 1.54) is 6.42 Å². The maximum atomic E-state index is 9.98. The largest absolute Gasteiger partial charge is 0.390 e. The number of nitrogens with zero attached hydrogens (tertiary/aromatic N) is 1. The topological polar surface area (TPSA) is 44.7 Å². The van der Waals surface area contributed by atoms with Crippen LogP contribution in [0.3, 0.4) is 0 Å². The van der Waals surface area contributed by atoms with Gasteiger partial charge in [-0.2, -0.15) is 0 Å². The summed E-state index contributed by atoms with van der Waals surface area (Å²) in [6.07, 6.45) is 2.09. The van der Waals surface area contributed by atoms with Crippen molar-refractivity contribution in [3.8, 4) is 0 Å². The molecule has 1 heterocycles. The maximum Gasteiger partial charge on any atom is 0.0791 e. The van der Waals surface area contributed by atoms with Crippen LogP contribution in [0.4, 0.5) is 0 Å². The number of nitrogens with one attached hydrogen (secondary N) is 1. The van der Waals surface area contributed by atoms with E-state index in [-0.39, 0.29) is 6.10 Å². The van der Waals surface area contributed by atoms with E-state index in [0.717, 1.165) is 26.2 Å². The number of aliphatic hydroxyl groups is 1. The quantitative estimate of drug-likeness (QED) is 0.717. The van der Waals surface area contributed by atoms with Crippen LogP contribution in [0.15, 0.2) is 0 Å². The normalized spacial score (nSPS) is 24.5. The molecule has 0 saturated carbocycles. The molecule has 0 aromatic heterocycles. The molecule has 0 aromatic rings. The monoisotopic (exact) mass is 258 g/mol. The minimum Gasteiger partial charge on any atom is -0.390 e. The van der Waals surface area contributed by atoms with E-state index in [9.17, 15) is 5.11 Å². The first-order valence-electron chi connectivity index (χ1n) is 7.20. The van der Waals surface area contributed by atoms with Gasteiger partial charge in [-0.15, -0.1) is 0 Å². The predicted molar refractivity (Wildman–Crippen MR) is 74.8 cm³/mol. The van der Waals surface area contributed by atoms with Gasteiger partial charge in [-0.1, -0.05) is 0 Å². The second-order valence-corrected chi connectivity index (χ2v) is 5.86. The van der Waals surface area contributed by atoms with Crippen molar-refractivity contribution in [3.05, 3.63) is 0 Å². The number of ether oxygens (including phenoxy) is 1. The summed E-state index contributed by atoms with van der Waals surface area (Å²) in [6, 6.07) is 0.896. The zero-order valence-corrected chi connectivity index (χ0v) is 12.4. The van der Waals surface area contributed by atoms with Crippen molar-refractivity contribution in [2.24, 2.45) is 5.92 Å². The molecule has 0 amide bonds. The Balaban J connectivity index is 2.18. The van der Waals surface area contributed by atoms with Crippen LogP contribution >= 0.6 is 0 Å². The Kier molecular flexibility index (Phi) is 7.15. The number of rotatable bonds is 7. The van der Waals surface area contributed by atoms with Gasteiger partial charge in [0.2, 0.25) is 0 Å². The van der Waals surface area contributed by atoms with Crippen molar-refractivity contribution in [2.75, 3.05) is 33.4 Å². The van der Waals surface area contributed by atoms with Crippen LogP contribution in [-0.4, -0.2) is 61.5 Å². The summed E-state index contributed by atoms with van der Waals surface area (Å²) < 4.78 is 5.50. The second kappa shape index (κ2) is 8.10. The van der Waals surface area contributed by atoms with E-state index in [0.29, 0.717) is 24.5 Å². The van der Waals surface area contributed by atoms with Crippen molar-refractivity contribution < 1.29 is 9.84 Å². The van der Waals surface area contributed by atoms with E-state index >= 15 is 0 Å². The molecule has 0 radical (unpaired) electrons. The number of hydrogen-bond acceptors (Lipinski definition) is 4. The van der Waals surface area contributed by atoms with Gasteiger partial charge in [0.25, 0.3) is 0 Å². The Morgan fingerprint density at radius 2 is 2.11 bits per heavy atom. The van der Waals surface area contributed by atoms with Gasteiger partial charge >= 0.3 is 0 Å². The highest BCUT2D eigenvalue weighted by molar-refractivity contribution is 4.76. The molecule has 4 nitrogen and oxygen atoms in total. The van der Waals surface area contributed by atoms with Crippen molar-refractivity contribution in [1.82, 2.24) is 10.2 Å². The van der Waals surface area contributed by atoms with E-state index in [2.05, 4.69) is 31.0 Å². The molecule has 1 saturated heterocycles. The minimum absolute atomic E-state index is 0.302. The molecule has 1 aliphatic heterocycles. The van der Waals surface area contributed by atoms with Gasteiger partial charge in [0.15, 0.2) is 0 Å². The van der Waals surface area contributed by atoms with Crippen molar-refractivity contribution in [3.63, 3.8) is 0 Å². The third kappa shape index (κ3) is 5.65. The Labute approximate surface area is 112 Å². The molecule has 3 atom stereocenters. The van der Waals surface area contributed by atoms with Gasteiger partial charge in [0.05, 0.1) is 12.7 Å². The fraction of sp³-hybridized carbons (Fsp3) is 1.00. The Morgan fingerprint density at radius 1 is 1.39 bits per heavy atom.